The zero-order chi connectivity index (χ0) is 19.4. The zero-order valence-corrected chi connectivity index (χ0v) is 15.9. The highest BCUT2D eigenvalue weighted by molar-refractivity contribution is 6.01. The van der Waals surface area contributed by atoms with Crippen molar-refractivity contribution in [3.63, 3.8) is 0 Å². The van der Waals surface area contributed by atoms with Crippen molar-refractivity contribution in [3.8, 4) is 11.5 Å². The van der Waals surface area contributed by atoms with E-state index in [-0.39, 0.29) is 11.8 Å². The molecule has 0 bridgehead atoms. The molecule has 1 heterocycles. The molecule has 6 nitrogen and oxygen atoms in total. The number of fused-ring (bicyclic) bond motifs is 1. The topological polar surface area (TPSA) is 67.9 Å². The molecule has 142 valence electrons. The number of benzene rings is 2. The number of nitrogens with one attached hydrogen (secondary N) is 1. The van der Waals surface area contributed by atoms with Crippen molar-refractivity contribution in [1.82, 2.24) is 5.32 Å². The van der Waals surface area contributed by atoms with E-state index < -0.39 is 0 Å². The van der Waals surface area contributed by atoms with E-state index in [2.05, 4.69) is 5.32 Å². The Kier molecular flexibility index (Phi) is 5.64. The van der Waals surface area contributed by atoms with Crippen LogP contribution in [0.15, 0.2) is 36.4 Å². The summed E-state index contributed by atoms with van der Waals surface area (Å²) in [6.07, 6.45) is 1.15. The maximum Gasteiger partial charge on any atom is 0.251 e. The first-order valence-corrected chi connectivity index (χ1v) is 9.00. The minimum atomic E-state index is -0.146. The molecule has 3 rings (SSSR count). The van der Waals surface area contributed by atoms with Gasteiger partial charge in [-0.25, -0.2) is 0 Å². The lowest BCUT2D eigenvalue weighted by Gasteiger charge is -2.17. The van der Waals surface area contributed by atoms with Crippen LogP contribution in [0.25, 0.3) is 0 Å². The van der Waals surface area contributed by atoms with Crippen molar-refractivity contribution in [2.45, 2.75) is 26.3 Å². The third-order valence-corrected chi connectivity index (χ3v) is 4.78. The molecule has 2 aromatic carbocycles. The average molecular weight is 368 g/mol. The Morgan fingerprint density at radius 2 is 1.89 bits per heavy atom. The Morgan fingerprint density at radius 1 is 1.11 bits per heavy atom. The van der Waals surface area contributed by atoms with Gasteiger partial charge < -0.3 is 19.7 Å². The number of ether oxygens (including phenoxy) is 2. The van der Waals surface area contributed by atoms with Gasteiger partial charge >= 0.3 is 0 Å². The van der Waals surface area contributed by atoms with E-state index in [1.807, 2.05) is 43.3 Å². The van der Waals surface area contributed by atoms with Crippen LogP contribution in [0.5, 0.6) is 11.5 Å². The van der Waals surface area contributed by atoms with Crippen LogP contribution < -0.4 is 19.7 Å². The lowest BCUT2D eigenvalue weighted by molar-refractivity contribution is -0.118. The SMILES string of the molecule is CCC(=O)N1CCc2c(C(=O)NCc3ccc(OC)c(OC)c3)cccc21. The van der Waals surface area contributed by atoms with Crippen molar-refractivity contribution < 1.29 is 19.1 Å². The highest BCUT2D eigenvalue weighted by Crippen LogP contribution is 2.31. The number of carbonyl (C=O) groups is 2. The third kappa shape index (κ3) is 3.74. The largest absolute Gasteiger partial charge is 0.493 e. The van der Waals surface area contributed by atoms with Gasteiger partial charge in [-0.15, -0.1) is 0 Å². The second-order valence-electron chi connectivity index (χ2n) is 6.32. The van der Waals surface area contributed by atoms with Crippen LogP contribution in [-0.4, -0.2) is 32.6 Å². The van der Waals surface area contributed by atoms with Gasteiger partial charge in [0.2, 0.25) is 5.91 Å². The second kappa shape index (κ2) is 8.12. The Labute approximate surface area is 159 Å². The van der Waals surface area contributed by atoms with E-state index in [9.17, 15) is 9.59 Å². The lowest BCUT2D eigenvalue weighted by atomic mass is 10.0. The van der Waals surface area contributed by atoms with Crippen LogP contribution in [0.1, 0.15) is 34.8 Å². The molecule has 6 heteroatoms. The fraction of sp³-hybridized carbons (Fsp3) is 0.333. The minimum absolute atomic E-state index is 0.0802. The highest BCUT2D eigenvalue weighted by atomic mass is 16.5. The number of nitrogens with zero attached hydrogens (tertiary/aromatic N) is 1. The van der Waals surface area contributed by atoms with Gasteiger partial charge in [0.1, 0.15) is 0 Å². The Morgan fingerprint density at radius 3 is 2.59 bits per heavy atom. The fourth-order valence-corrected chi connectivity index (χ4v) is 3.37. The quantitative estimate of drug-likeness (QED) is 0.851. The summed E-state index contributed by atoms with van der Waals surface area (Å²) in [6, 6.07) is 11.1. The molecule has 0 radical (unpaired) electrons. The van der Waals surface area contributed by atoms with Gasteiger partial charge in [-0.2, -0.15) is 0 Å². The van der Waals surface area contributed by atoms with E-state index >= 15 is 0 Å². The molecule has 0 aliphatic carbocycles. The monoisotopic (exact) mass is 368 g/mol. The molecule has 1 N–H and O–H groups in total. The number of hydrogen-bond donors (Lipinski definition) is 1. The summed E-state index contributed by atoms with van der Waals surface area (Å²) < 4.78 is 10.5. The number of methoxy groups -OCH3 is 2. The van der Waals surface area contributed by atoms with Crippen molar-refractivity contribution in [2.24, 2.45) is 0 Å². The molecule has 27 heavy (non-hydrogen) atoms. The Hall–Kier alpha value is -3.02. The number of rotatable bonds is 6. The molecule has 1 aliphatic heterocycles. The molecular formula is C21H24N2O4. The molecule has 2 aromatic rings. The maximum atomic E-state index is 12.7. The summed E-state index contributed by atoms with van der Waals surface area (Å²) in [5, 5.41) is 2.95. The molecule has 0 unspecified atom stereocenters. The molecule has 0 saturated heterocycles. The molecule has 0 fully saturated rings. The summed E-state index contributed by atoms with van der Waals surface area (Å²) in [5.74, 6) is 1.21. The molecule has 0 spiro atoms. The van der Waals surface area contributed by atoms with Crippen molar-refractivity contribution in [2.75, 3.05) is 25.7 Å². The first kappa shape index (κ1) is 18.8. The average Bonchev–Trinajstić information content (AvgIpc) is 3.15. The van der Waals surface area contributed by atoms with Gasteiger partial charge in [0.25, 0.3) is 5.91 Å². The molecule has 0 saturated carbocycles. The van der Waals surface area contributed by atoms with Gasteiger partial charge in [-0.1, -0.05) is 19.1 Å². The van der Waals surface area contributed by atoms with E-state index in [0.717, 1.165) is 16.8 Å². The molecule has 0 aromatic heterocycles. The van der Waals surface area contributed by atoms with Gasteiger partial charge in [-0.05, 0) is 41.8 Å². The number of amides is 2. The summed E-state index contributed by atoms with van der Waals surface area (Å²) in [4.78, 5) is 26.6. The smallest absolute Gasteiger partial charge is 0.251 e. The fourth-order valence-electron chi connectivity index (χ4n) is 3.37. The Balaban J connectivity index is 1.75. The van der Waals surface area contributed by atoms with E-state index in [1.165, 1.54) is 0 Å². The standard InChI is InChI=1S/C21H24N2O4/c1-4-20(24)23-11-10-15-16(6-5-7-17(15)23)21(25)22-13-14-8-9-18(26-2)19(12-14)27-3/h5-9,12H,4,10-11,13H2,1-3H3,(H,22,25). The second-order valence-corrected chi connectivity index (χ2v) is 6.32. The number of carbonyl (C=O) groups excluding carboxylic acids is 2. The predicted octanol–water partition coefficient (Wildman–Crippen LogP) is 2.93. The van der Waals surface area contributed by atoms with Crippen LogP contribution in [0.3, 0.4) is 0 Å². The van der Waals surface area contributed by atoms with Gasteiger partial charge in [-0.3, -0.25) is 9.59 Å². The molecule has 0 atom stereocenters. The molecule has 2 amide bonds. The highest BCUT2D eigenvalue weighted by Gasteiger charge is 2.27. The van der Waals surface area contributed by atoms with Crippen LogP contribution in [0.2, 0.25) is 0 Å². The van der Waals surface area contributed by atoms with E-state index in [0.29, 0.717) is 43.0 Å². The van der Waals surface area contributed by atoms with Crippen molar-refractivity contribution in [1.29, 1.82) is 0 Å². The van der Waals surface area contributed by atoms with Crippen molar-refractivity contribution >= 4 is 17.5 Å². The first-order valence-electron chi connectivity index (χ1n) is 9.00. The summed E-state index contributed by atoms with van der Waals surface area (Å²) in [6.45, 7) is 2.85. The van der Waals surface area contributed by atoms with E-state index in [1.54, 1.807) is 19.1 Å². The number of hydrogen-bond acceptors (Lipinski definition) is 4. The third-order valence-electron chi connectivity index (χ3n) is 4.78. The molecule has 1 aliphatic rings. The van der Waals surface area contributed by atoms with Crippen LogP contribution in [0, 0.1) is 0 Å². The van der Waals surface area contributed by atoms with E-state index in [4.69, 9.17) is 9.47 Å². The van der Waals surface area contributed by atoms with Gasteiger partial charge in [0.05, 0.1) is 14.2 Å². The van der Waals surface area contributed by atoms with Crippen LogP contribution in [0.4, 0.5) is 5.69 Å². The zero-order valence-electron chi connectivity index (χ0n) is 15.9. The summed E-state index contributed by atoms with van der Waals surface area (Å²) >= 11 is 0. The van der Waals surface area contributed by atoms with Crippen molar-refractivity contribution in [3.05, 3.63) is 53.1 Å². The maximum absolute atomic E-state index is 12.7. The van der Waals surface area contributed by atoms with Crippen LogP contribution >= 0.6 is 0 Å². The number of anilines is 1. The minimum Gasteiger partial charge on any atom is -0.493 e. The lowest BCUT2D eigenvalue weighted by Crippen LogP contribution is -2.27. The molecular weight excluding hydrogens is 344 g/mol. The van der Waals surface area contributed by atoms with Crippen LogP contribution in [-0.2, 0) is 17.8 Å². The first-order chi connectivity index (χ1) is 13.1. The Bertz CT molecular complexity index is 863. The summed E-state index contributed by atoms with van der Waals surface area (Å²) in [7, 11) is 3.17. The normalized spacial score (nSPS) is 12.5. The predicted molar refractivity (Wildman–Crippen MR) is 104 cm³/mol. The van der Waals surface area contributed by atoms with Gasteiger partial charge in [0.15, 0.2) is 11.5 Å². The van der Waals surface area contributed by atoms with Gasteiger partial charge in [0, 0.05) is 30.8 Å². The summed E-state index contributed by atoms with van der Waals surface area (Å²) in [5.41, 5.74) is 3.32.